The minimum Gasteiger partial charge on any atom is -0.337 e. The fraction of sp³-hybridized carbons (Fsp3) is 0.429. The van der Waals surface area contributed by atoms with Gasteiger partial charge in [0, 0.05) is 6.42 Å². The van der Waals surface area contributed by atoms with Gasteiger partial charge in [0.2, 0.25) is 5.89 Å². The van der Waals surface area contributed by atoms with Crippen LogP contribution in [0.3, 0.4) is 0 Å². The van der Waals surface area contributed by atoms with E-state index in [-0.39, 0.29) is 6.04 Å². The van der Waals surface area contributed by atoms with Crippen molar-refractivity contribution in [2.24, 2.45) is 11.7 Å². The van der Waals surface area contributed by atoms with Gasteiger partial charge in [-0.1, -0.05) is 49.3 Å². The Labute approximate surface area is 107 Å². The van der Waals surface area contributed by atoms with Gasteiger partial charge in [0.05, 0.1) is 0 Å². The van der Waals surface area contributed by atoms with Gasteiger partial charge in [0.1, 0.15) is 6.04 Å². The molecule has 0 amide bonds. The predicted molar refractivity (Wildman–Crippen MR) is 69.9 cm³/mol. The minimum atomic E-state index is -0.341. The molecule has 18 heavy (non-hydrogen) atoms. The van der Waals surface area contributed by atoms with Crippen molar-refractivity contribution in [3.05, 3.63) is 47.6 Å². The Morgan fingerprint density at radius 1 is 1.22 bits per heavy atom. The third-order valence-corrected chi connectivity index (χ3v) is 2.85. The summed E-state index contributed by atoms with van der Waals surface area (Å²) >= 11 is 0. The molecule has 0 spiro atoms. The molecule has 96 valence electrons. The summed E-state index contributed by atoms with van der Waals surface area (Å²) in [6, 6.07) is 9.44. The molecule has 0 aliphatic heterocycles. The Morgan fingerprint density at radius 2 is 1.94 bits per heavy atom. The average Bonchev–Trinajstić information content (AvgIpc) is 2.85. The number of nitrogens with zero attached hydrogens (tertiary/aromatic N) is 2. The van der Waals surface area contributed by atoms with Gasteiger partial charge in [-0.25, -0.2) is 0 Å². The van der Waals surface area contributed by atoms with Crippen molar-refractivity contribution in [2.45, 2.75) is 32.7 Å². The van der Waals surface area contributed by atoms with E-state index in [1.54, 1.807) is 0 Å². The second-order valence-electron chi connectivity index (χ2n) is 4.87. The summed E-state index contributed by atoms with van der Waals surface area (Å²) in [5.41, 5.74) is 7.07. The van der Waals surface area contributed by atoms with Gasteiger partial charge in [0.15, 0.2) is 5.82 Å². The van der Waals surface area contributed by atoms with Crippen LogP contribution in [-0.2, 0) is 6.42 Å². The molecule has 0 aliphatic carbocycles. The van der Waals surface area contributed by atoms with Gasteiger partial charge in [-0.3, -0.25) is 0 Å². The lowest BCUT2D eigenvalue weighted by Gasteiger charge is -2.05. The molecule has 0 fully saturated rings. The van der Waals surface area contributed by atoms with Crippen LogP contribution >= 0.6 is 0 Å². The summed E-state index contributed by atoms with van der Waals surface area (Å²) in [6.45, 7) is 4.35. The maximum absolute atomic E-state index is 6.09. The Balaban J connectivity index is 2.06. The van der Waals surface area contributed by atoms with Gasteiger partial charge >= 0.3 is 0 Å². The van der Waals surface area contributed by atoms with Crippen molar-refractivity contribution in [1.29, 1.82) is 0 Å². The number of hydrogen-bond acceptors (Lipinski definition) is 4. The van der Waals surface area contributed by atoms with Crippen LogP contribution in [0.25, 0.3) is 0 Å². The predicted octanol–water partition coefficient (Wildman–Crippen LogP) is 2.71. The molecule has 0 aliphatic rings. The Kier molecular flexibility index (Phi) is 4.10. The average molecular weight is 245 g/mol. The molecule has 4 heteroatoms. The molecular weight excluding hydrogens is 226 g/mol. The normalized spacial score (nSPS) is 12.9. The van der Waals surface area contributed by atoms with Gasteiger partial charge in [-0.2, -0.15) is 4.98 Å². The van der Waals surface area contributed by atoms with E-state index >= 15 is 0 Å². The zero-order valence-electron chi connectivity index (χ0n) is 10.8. The number of hydrogen-bond donors (Lipinski definition) is 1. The van der Waals surface area contributed by atoms with Crippen LogP contribution in [0, 0.1) is 5.92 Å². The zero-order valence-corrected chi connectivity index (χ0v) is 10.8. The highest BCUT2D eigenvalue weighted by molar-refractivity contribution is 5.22. The van der Waals surface area contributed by atoms with Gasteiger partial charge in [-0.05, 0) is 17.9 Å². The first-order valence-corrected chi connectivity index (χ1v) is 6.30. The molecule has 1 unspecified atom stereocenters. The first-order chi connectivity index (χ1) is 8.66. The molecule has 1 aromatic carbocycles. The number of aromatic nitrogens is 2. The van der Waals surface area contributed by atoms with Crippen molar-refractivity contribution in [3.63, 3.8) is 0 Å². The van der Waals surface area contributed by atoms with Crippen LogP contribution in [0.4, 0.5) is 0 Å². The maximum Gasteiger partial charge on any atom is 0.248 e. The van der Waals surface area contributed by atoms with E-state index in [0.29, 0.717) is 11.8 Å². The highest BCUT2D eigenvalue weighted by atomic mass is 16.5. The third kappa shape index (κ3) is 3.17. The van der Waals surface area contributed by atoms with E-state index in [4.69, 9.17) is 10.3 Å². The molecule has 0 saturated carbocycles. The topological polar surface area (TPSA) is 64.9 Å². The van der Waals surface area contributed by atoms with Gasteiger partial charge in [0.25, 0.3) is 0 Å². The van der Waals surface area contributed by atoms with Crippen molar-refractivity contribution >= 4 is 0 Å². The SMILES string of the molecule is CC(C)CCc1noc(C(N)c2ccccc2)n1. The third-order valence-electron chi connectivity index (χ3n) is 2.85. The number of aryl methyl sites for hydroxylation is 1. The maximum atomic E-state index is 6.09. The first kappa shape index (κ1) is 12.8. The van der Waals surface area contributed by atoms with E-state index in [2.05, 4.69) is 24.0 Å². The summed E-state index contributed by atoms with van der Waals surface area (Å²) in [6.07, 6.45) is 1.89. The zero-order chi connectivity index (χ0) is 13.0. The minimum absolute atomic E-state index is 0.341. The van der Waals surface area contributed by atoms with E-state index in [1.807, 2.05) is 30.3 Å². The molecule has 1 heterocycles. The molecule has 2 N–H and O–H groups in total. The quantitative estimate of drug-likeness (QED) is 0.879. The van der Waals surface area contributed by atoms with Crippen molar-refractivity contribution in [1.82, 2.24) is 10.1 Å². The first-order valence-electron chi connectivity index (χ1n) is 6.30. The van der Waals surface area contributed by atoms with Crippen LogP contribution < -0.4 is 5.73 Å². The second kappa shape index (κ2) is 5.78. The highest BCUT2D eigenvalue weighted by Gasteiger charge is 2.16. The fourth-order valence-corrected chi connectivity index (χ4v) is 1.72. The molecular formula is C14H19N3O. The smallest absolute Gasteiger partial charge is 0.248 e. The largest absolute Gasteiger partial charge is 0.337 e. The number of benzene rings is 1. The van der Waals surface area contributed by atoms with E-state index in [1.165, 1.54) is 0 Å². The Hall–Kier alpha value is -1.68. The highest BCUT2D eigenvalue weighted by Crippen LogP contribution is 2.18. The molecule has 1 atom stereocenters. The molecule has 4 nitrogen and oxygen atoms in total. The summed E-state index contributed by atoms with van der Waals surface area (Å²) in [5.74, 6) is 1.86. The van der Waals surface area contributed by atoms with E-state index in [0.717, 1.165) is 24.2 Å². The van der Waals surface area contributed by atoms with E-state index < -0.39 is 0 Å². The lowest BCUT2D eigenvalue weighted by Crippen LogP contribution is -2.12. The molecule has 2 rings (SSSR count). The molecule has 1 aromatic heterocycles. The lowest BCUT2D eigenvalue weighted by atomic mass is 10.1. The van der Waals surface area contributed by atoms with Crippen LogP contribution in [-0.4, -0.2) is 10.1 Å². The van der Waals surface area contributed by atoms with Crippen LogP contribution in [0.15, 0.2) is 34.9 Å². The second-order valence-corrected chi connectivity index (χ2v) is 4.87. The summed E-state index contributed by atoms with van der Waals surface area (Å²) in [4.78, 5) is 4.36. The lowest BCUT2D eigenvalue weighted by molar-refractivity contribution is 0.361. The number of nitrogens with two attached hydrogens (primary N) is 1. The molecule has 0 bridgehead atoms. The van der Waals surface area contributed by atoms with E-state index in [9.17, 15) is 0 Å². The standard InChI is InChI=1S/C14H19N3O/c1-10(2)8-9-12-16-14(18-17-12)13(15)11-6-4-3-5-7-11/h3-7,10,13H,8-9,15H2,1-2H3. The van der Waals surface area contributed by atoms with Crippen molar-refractivity contribution in [3.8, 4) is 0 Å². The Morgan fingerprint density at radius 3 is 2.61 bits per heavy atom. The van der Waals surface area contributed by atoms with Crippen LogP contribution in [0.5, 0.6) is 0 Å². The van der Waals surface area contributed by atoms with Crippen molar-refractivity contribution in [2.75, 3.05) is 0 Å². The monoisotopic (exact) mass is 245 g/mol. The fourth-order valence-electron chi connectivity index (χ4n) is 1.72. The van der Waals surface area contributed by atoms with Gasteiger partial charge in [-0.15, -0.1) is 0 Å². The number of rotatable bonds is 5. The van der Waals surface area contributed by atoms with Gasteiger partial charge < -0.3 is 10.3 Å². The summed E-state index contributed by atoms with van der Waals surface area (Å²) in [5, 5.41) is 3.97. The molecule has 2 aromatic rings. The molecule has 0 radical (unpaired) electrons. The Bertz CT molecular complexity index is 479. The summed E-state index contributed by atoms with van der Waals surface area (Å²) < 4.78 is 5.23. The van der Waals surface area contributed by atoms with Crippen molar-refractivity contribution < 1.29 is 4.52 Å². The molecule has 0 saturated heterocycles. The summed E-state index contributed by atoms with van der Waals surface area (Å²) in [7, 11) is 0. The van der Waals surface area contributed by atoms with Crippen LogP contribution in [0.1, 0.15) is 43.6 Å². The van der Waals surface area contributed by atoms with Crippen LogP contribution in [0.2, 0.25) is 0 Å².